The summed E-state index contributed by atoms with van der Waals surface area (Å²) < 4.78 is 26.4. The van der Waals surface area contributed by atoms with Crippen LogP contribution in [0.5, 0.6) is 0 Å². The molecule has 1 rings (SSSR count). The molecule has 18 heavy (non-hydrogen) atoms. The van der Waals surface area contributed by atoms with E-state index < -0.39 is 11.6 Å². The lowest BCUT2D eigenvalue weighted by Gasteiger charge is -2.21. The van der Waals surface area contributed by atoms with E-state index in [-0.39, 0.29) is 6.04 Å². The molecular formula is C15H23F2N. The van der Waals surface area contributed by atoms with E-state index in [1.807, 2.05) is 0 Å². The molecule has 1 atom stereocenters. The minimum Gasteiger partial charge on any atom is -0.311 e. The van der Waals surface area contributed by atoms with Crippen LogP contribution in [0.3, 0.4) is 0 Å². The summed E-state index contributed by atoms with van der Waals surface area (Å²) in [4.78, 5) is 0. The number of nitrogens with one attached hydrogen (secondary N) is 1. The molecule has 3 heteroatoms. The smallest absolute Gasteiger partial charge is 0.129 e. The van der Waals surface area contributed by atoms with Crippen molar-refractivity contribution in [2.24, 2.45) is 0 Å². The van der Waals surface area contributed by atoms with Crippen molar-refractivity contribution >= 4 is 0 Å². The van der Waals surface area contributed by atoms with Crippen molar-refractivity contribution in [1.29, 1.82) is 0 Å². The zero-order valence-corrected chi connectivity index (χ0v) is 11.5. The van der Waals surface area contributed by atoms with Gasteiger partial charge in [0.1, 0.15) is 11.6 Å². The minimum atomic E-state index is -0.516. The SMILES string of the molecule is CCCCC(Cc1ccc(F)cc1F)NC(C)C. The third-order valence-electron chi connectivity index (χ3n) is 2.96. The van der Waals surface area contributed by atoms with Crippen LogP contribution < -0.4 is 5.32 Å². The number of rotatable bonds is 7. The first-order valence-corrected chi connectivity index (χ1v) is 6.73. The van der Waals surface area contributed by atoms with Crippen molar-refractivity contribution in [1.82, 2.24) is 5.32 Å². The van der Waals surface area contributed by atoms with Crippen LogP contribution >= 0.6 is 0 Å². The van der Waals surface area contributed by atoms with Crippen molar-refractivity contribution < 1.29 is 8.78 Å². The van der Waals surface area contributed by atoms with Gasteiger partial charge in [-0.3, -0.25) is 0 Å². The van der Waals surface area contributed by atoms with Crippen molar-refractivity contribution in [3.8, 4) is 0 Å². The molecule has 1 aromatic rings. The predicted octanol–water partition coefficient (Wildman–Crippen LogP) is 4.06. The van der Waals surface area contributed by atoms with Crippen molar-refractivity contribution in [3.63, 3.8) is 0 Å². The lowest BCUT2D eigenvalue weighted by atomic mass is 10.00. The highest BCUT2D eigenvalue weighted by molar-refractivity contribution is 5.19. The number of benzene rings is 1. The number of halogens is 2. The van der Waals surface area contributed by atoms with E-state index in [1.165, 1.54) is 6.07 Å². The highest BCUT2D eigenvalue weighted by Gasteiger charge is 2.13. The Morgan fingerprint density at radius 3 is 2.50 bits per heavy atom. The Morgan fingerprint density at radius 2 is 1.94 bits per heavy atom. The summed E-state index contributed by atoms with van der Waals surface area (Å²) in [6.07, 6.45) is 3.88. The average Bonchev–Trinajstić information content (AvgIpc) is 2.29. The highest BCUT2D eigenvalue weighted by atomic mass is 19.1. The maximum Gasteiger partial charge on any atom is 0.129 e. The van der Waals surface area contributed by atoms with Crippen LogP contribution in [0, 0.1) is 11.6 Å². The van der Waals surface area contributed by atoms with Gasteiger partial charge in [-0.15, -0.1) is 0 Å². The Labute approximate surface area is 109 Å². The van der Waals surface area contributed by atoms with Gasteiger partial charge in [0.2, 0.25) is 0 Å². The molecule has 1 unspecified atom stereocenters. The van der Waals surface area contributed by atoms with Crippen molar-refractivity contribution in [3.05, 3.63) is 35.4 Å². The summed E-state index contributed by atoms with van der Waals surface area (Å²) in [5.41, 5.74) is 0.589. The van der Waals surface area contributed by atoms with Crippen LogP contribution in [-0.4, -0.2) is 12.1 Å². The standard InChI is InChI=1S/C15H23F2N/c1-4-5-6-14(18-11(2)3)9-12-7-8-13(16)10-15(12)17/h7-8,10-11,14,18H,4-6,9H2,1-3H3. The number of hydrogen-bond acceptors (Lipinski definition) is 1. The van der Waals surface area contributed by atoms with Crippen LogP contribution in [-0.2, 0) is 6.42 Å². The van der Waals surface area contributed by atoms with Gasteiger partial charge in [0.15, 0.2) is 0 Å². The first kappa shape index (κ1) is 15.1. The molecule has 0 spiro atoms. The molecule has 0 fully saturated rings. The van der Waals surface area contributed by atoms with E-state index in [2.05, 4.69) is 26.1 Å². The number of unbranched alkanes of at least 4 members (excludes halogenated alkanes) is 1. The molecule has 0 bridgehead atoms. The van der Waals surface area contributed by atoms with Crippen molar-refractivity contribution in [2.75, 3.05) is 0 Å². The lowest BCUT2D eigenvalue weighted by Crippen LogP contribution is -2.36. The number of hydrogen-bond donors (Lipinski definition) is 1. The van der Waals surface area contributed by atoms with Crippen LogP contribution in [0.25, 0.3) is 0 Å². The van der Waals surface area contributed by atoms with Crippen LogP contribution in [0.2, 0.25) is 0 Å². The van der Waals surface area contributed by atoms with Gasteiger partial charge in [0, 0.05) is 18.2 Å². The Balaban J connectivity index is 2.68. The second-order valence-corrected chi connectivity index (χ2v) is 5.10. The topological polar surface area (TPSA) is 12.0 Å². The molecule has 1 nitrogen and oxygen atoms in total. The molecule has 1 N–H and O–H groups in total. The fourth-order valence-corrected chi connectivity index (χ4v) is 2.12. The van der Waals surface area contributed by atoms with Gasteiger partial charge in [-0.1, -0.05) is 39.7 Å². The predicted molar refractivity (Wildman–Crippen MR) is 71.6 cm³/mol. The highest BCUT2D eigenvalue weighted by Crippen LogP contribution is 2.14. The first-order valence-electron chi connectivity index (χ1n) is 6.73. The molecule has 0 radical (unpaired) electrons. The van der Waals surface area contributed by atoms with Gasteiger partial charge in [0.25, 0.3) is 0 Å². The summed E-state index contributed by atoms with van der Waals surface area (Å²) in [5.74, 6) is -0.958. The first-order chi connectivity index (χ1) is 8.52. The third-order valence-corrected chi connectivity index (χ3v) is 2.96. The molecule has 0 saturated carbocycles. The Bertz CT molecular complexity index is 364. The molecule has 0 amide bonds. The fraction of sp³-hybridized carbons (Fsp3) is 0.600. The minimum absolute atomic E-state index is 0.255. The zero-order chi connectivity index (χ0) is 13.5. The van der Waals surface area contributed by atoms with E-state index in [9.17, 15) is 8.78 Å². The van der Waals surface area contributed by atoms with Gasteiger partial charge in [0.05, 0.1) is 0 Å². The van der Waals surface area contributed by atoms with Gasteiger partial charge in [-0.25, -0.2) is 8.78 Å². The second kappa shape index (κ2) is 7.47. The van der Waals surface area contributed by atoms with E-state index in [1.54, 1.807) is 6.07 Å². The average molecular weight is 255 g/mol. The largest absolute Gasteiger partial charge is 0.311 e. The maximum absolute atomic E-state index is 13.6. The van der Waals surface area contributed by atoms with Gasteiger partial charge < -0.3 is 5.32 Å². The van der Waals surface area contributed by atoms with Crippen molar-refractivity contribution in [2.45, 2.75) is 58.5 Å². The van der Waals surface area contributed by atoms with E-state index in [0.29, 0.717) is 18.0 Å². The molecular weight excluding hydrogens is 232 g/mol. The van der Waals surface area contributed by atoms with Gasteiger partial charge >= 0.3 is 0 Å². The monoisotopic (exact) mass is 255 g/mol. The Kier molecular flexibility index (Phi) is 6.27. The molecule has 1 aromatic carbocycles. The quantitative estimate of drug-likeness (QED) is 0.774. The Morgan fingerprint density at radius 1 is 1.22 bits per heavy atom. The molecule has 0 heterocycles. The summed E-state index contributed by atoms with van der Waals surface area (Å²) in [7, 11) is 0. The van der Waals surface area contributed by atoms with E-state index in [4.69, 9.17) is 0 Å². The van der Waals surface area contributed by atoms with E-state index >= 15 is 0 Å². The maximum atomic E-state index is 13.6. The molecule has 0 aliphatic heterocycles. The van der Waals surface area contributed by atoms with Gasteiger partial charge in [-0.05, 0) is 24.5 Å². The normalized spacial score (nSPS) is 13.0. The summed E-state index contributed by atoms with van der Waals surface area (Å²) in [6, 6.07) is 4.46. The van der Waals surface area contributed by atoms with Gasteiger partial charge in [-0.2, -0.15) is 0 Å². The molecule has 0 aromatic heterocycles. The summed E-state index contributed by atoms with van der Waals surface area (Å²) >= 11 is 0. The van der Waals surface area contributed by atoms with E-state index in [0.717, 1.165) is 25.3 Å². The molecule has 0 saturated heterocycles. The Hall–Kier alpha value is -0.960. The summed E-state index contributed by atoms with van der Waals surface area (Å²) in [6.45, 7) is 6.31. The lowest BCUT2D eigenvalue weighted by molar-refractivity contribution is 0.418. The van der Waals surface area contributed by atoms with Crippen LogP contribution in [0.1, 0.15) is 45.6 Å². The van der Waals surface area contributed by atoms with Crippen LogP contribution in [0.4, 0.5) is 8.78 Å². The van der Waals surface area contributed by atoms with Crippen LogP contribution in [0.15, 0.2) is 18.2 Å². The fourth-order valence-electron chi connectivity index (χ4n) is 2.12. The zero-order valence-electron chi connectivity index (χ0n) is 11.5. The molecule has 0 aliphatic carbocycles. The summed E-state index contributed by atoms with van der Waals surface area (Å²) in [5, 5.41) is 3.44. The third kappa shape index (κ3) is 5.13. The molecule has 102 valence electrons. The second-order valence-electron chi connectivity index (χ2n) is 5.10. The molecule has 0 aliphatic rings.